The number of piperidine rings is 1. The average Bonchev–Trinajstić information content (AvgIpc) is 2.36. The lowest BCUT2D eigenvalue weighted by Crippen LogP contribution is -2.57. The number of hydrogen-bond donors (Lipinski definition) is 0. The van der Waals surface area contributed by atoms with Crippen LogP contribution in [0.1, 0.15) is 46.0 Å². The standard InChI is InChI=1S/C11H22N/c1-10-6-7-11(2)12(10)8-4-3-5-9-12/h10-11H,3-9H2,1-2H3/q+1. The Balaban J connectivity index is 2.14. The van der Waals surface area contributed by atoms with Gasteiger partial charge < -0.3 is 4.48 Å². The molecule has 0 saturated carbocycles. The summed E-state index contributed by atoms with van der Waals surface area (Å²) in [5.74, 6) is 0. The van der Waals surface area contributed by atoms with Crippen molar-refractivity contribution in [3.8, 4) is 0 Å². The second-order valence-corrected chi connectivity index (χ2v) is 4.89. The highest BCUT2D eigenvalue weighted by atomic mass is 15.4. The Labute approximate surface area is 76.3 Å². The predicted molar refractivity (Wildman–Crippen MR) is 52.0 cm³/mol. The summed E-state index contributed by atoms with van der Waals surface area (Å²) in [4.78, 5) is 0. The smallest absolute Gasteiger partial charge is 0.0866 e. The maximum Gasteiger partial charge on any atom is 0.0866 e. The summed E-state index contributed by atoms with van der Waals surface area (Å²) < 4.78 is 1.47. The fraction of sp³-hybridized carbons (Fsp3) is 1.00. The van der Waals surface area contributed by atoms with Crippen molar-refractivity contribution in [2.24, 2.45) is 0 Å². The predicted octanol–water partition coefficient (Wildman–Crippen LogP) is 2.56. The van der Waals surface area contributed by atoms with Crippen LogP contribution in [0.3, 0.4) is 0 Å². The monoisotopic (exact) mass is 168 g/mol. The minimum absolute atomic E-state index is 0.959. The Bertz CT molecular complexity index is 146. The molecule has 0 aromatic heterocycles. The molecule has 70 valence electrons. The van der Waals surface area contributed by atoms with Crippen LogP contribution in [-0.2, 0) is 0 Å². The van der Waals surface area contributed by atoms with E-state index in [0.29, 0.717) is 0 Å². The first-order valence-electron chi connectivity index (χ1n) is 5.62. The molecule has 12 heavy (non-hydrogen) atoms. The third-order valence-corrected chi connectivity index (χ3v) is 4.41. The van der Waals surface area contributed by atoms with Crippen LogP contribution >= 0.6 is 0 Å². The summed E-state index contributed by atoms with van der Waals surface area (Å²) in [5.41, 5.74) is 0. The van der Waals surface area contributed by atoms with Gasteiger partial charge in [-0.05, 0) is 33.1 Å². The molecule has 0 amide bonds. The molecule has 0 bridgehead atoms. The third-order valence-electron chi connectivity index (χ3n) is 4.41. The minimum atomic E-state index is 0.959. The second-order valence-electron chi connectivity index (χ2n) is 4.89. The largest absolute Gasteiger partial charge is 0.319 e. The van der Waals surface area contributed by atoms with Crippen LogP contribution in [0.15, 0.2) is 0 Å². The first-order chi connectivity index (χ1) is 5.76. The first-order valence-corrected chi connectivity index (χ1v) is 5.62. The molecule has 1 spiro atoms. The van der Waals surface area contributed by atoms with Gasteiger partial charge in [-0.15, -0.1) is 0 Å². The van der Waals surface area contributed by atoms with E-state index in [0.717, 1.165) is 12.1 Å². The van der Waals surface area contributed by atoms with E-state index in [1.54, 1.807) is 0 Å². The van der Waals surface area contributed by atoms with E-state index >= 15 is 0 Å². The van der Waals surface area contributed by atoms with E-state index in [1.165, 1.54) is 49.7 Å². The summed E-state index contributed by atoms with van der Waals surface area (Å²) in [6.45, 7) is 7.88. The van der Waals surface area contributed by atoms with Crippen molar-refractivity contribution in [3.05, 3.63) is 0 Å². The quantitative estimate of drug-likeness (QED) is 0.488. The minimum Gasteiger partial charge on any atom is -0.319 e. The maximum absolute atomic E-state index is 2.47. The molecule has 2 rings (SSSR count). The second kappa shape index (κ2) is 3.02. The van der Waals surface area contributed by atoms with Crippen molar-refractivity contribution in [3.63, 3.8) is 0 Å². The Morgan fingerprint density at radius 2 is 1.33 bits per heavy atom. The van der Waals surface area contributed by atoms with E-state index in [2.05, 4.69) is 13.8 Å². The van der Waals surface area contributed by atoms with Crippen LogP contribution in [0.2, 0.25) is 0 Å². The molecular formula is C11H22N+. The number of hydrogen-bond acceptors (Lipinski definition) is 0. The van der Waals surface area contributed by atoms with Crippen LogP contribution in [0.25, 0.3) is 0 Å². The summed E-state index contributed by atoms with van der Waals surface area (Å²) >= 11 is 0. The number of nitrogens with zero attached hydrogens (tertiary/aromatic N) is 1. The molecule has 2 fully saturated rings. The van der Waals surface area contributed by atoms with E-state index < -0.39 is 0 Å². The molecule has 0 radical (unpaired) electrons. The first kappa shape index (κ1) is 8.55. The lowest BCUT2D eigenvalue weighted by molar-refractivity contribution is -0.961. The van der Waals surface area contributed by atoms with Crippen molar-refractivity contribution in [2.45, 2.75) is 58.0 Å². The molecule has 1 heteroatoms. The molecule has 2 aliphatic heterocycles. The average molecular weight is 168 g/mol. The lowest BCUT2D eigenvalue weighted by Gasteiger charge is -2.45. The van der Waals surface area contributed by atoms with Gasteiger partial charge in [0.25, 0.3) is 0 Å². The van der Waals surface area contributed by atoms with Gasteiger partial charge in [0.1, 0.15) is 0 Å². The van der Waals surface area contributed by atoms with Gasteiger partial charge in [-0.1, -0.05) is 0 Å². The third kappa shape index (κ3) is 1.10. The molecule has 0 aliphatic carbocycles. The fourth-order valence-electron chi connectivity index (χ4n) is 3.41. The highest BCUT2D eigenvalue weighted by Gasteiger charge is 2.44. The highest BCUT2D eigenvalue weighted by Crippen LogP contribution is 2.36. The van der Waals surface area contributed by atoms with Gasteiger partial charge in [-0.2, -0.15) is 0 Å². The van der Waals surface area contributed by atoms with Gasteiger partial charge in [0.2, 0.25) is 0 Å². The van der Waals surface area contributed by atoms with Crippen molar-refractivity contribution in [2.75, 3.05) is 13.1 Å². The highest BCUT2D eigenvalue weighted by molar-refractivity contribution is 4.73. The van der Waals surface area contributed by atoms with Crippen molar-refractivity contribution >= 4 is 0 Å². The summed E-state index contributed by atoms with van der Waals surface area (Å²) in [6, 6.07) is 1.92. The molecule has 2 heterocycles. The fourth-order valence-corrected chi connectivity index (χ4v) is 3.41. The Hall–Kier alpha value is -0.0400. The SMILES string of the molecule is CC1CCC(C)[N+]12CCCCC2. The van der Waals surface area contributed by atoms with Crippen LogP contribution in [0, 0.1) is 0 Å². The topological polar surface area (TPSA) is 0 Å². The molecule has 2 atom stereocenters. The summed E-state index contributed by atoms with van der Waals surface area (Å²) in [6.07, 6.45) is 7.39. The molecule has 0 aromatic carbocycles. The normalized spacial score (nSPS) is 40.5. The zero-order valence-electron chi connectivity index (χ0n) is 8.55. The van der Waals surface area contributed by atoms with Crippen molar-refractivity contribution in [1.29, 1.82) is 0 Å². The molecular weight excluding hydrogens is 146 g/mol. The van der Waals surface area contributed by atoms with Gasteiger partial charge in [-0.25, -0.2) is 0 Å². The summed E-state index contributed by atoms with van der Waals surface area (Å²) in [7, 11) is 0. The van der Waals surface area contributed by atoms with E-state index in [1.807, 2.05) is 0 Å². The van der Waals surface area contributed by atoms with Gasteiger partial charge in [-0.3, -0.25) is 0 Å². The van der Waals surface area contributed by atoms with E-state index in [9.17, 15) is 0 Å². The summed E-state index contributed by atoms with van der Waals surface area (Å²) in [5, 5.41) is 0. The number of rotatable bonds is 0. The molecule has 1 nitrogen and oxygen atoms in total. The molecule has 2 unspecified atom stereocenters. The van der Waals surface area contributed by atoms with Gasteiger partial charge in [0.05, 0.1) is 25.2 Å². The van der Waals surface area contributed by atoms with Crippen molar-refractivity contribution < 1.29 is 4.48 Å². The molecule has 0 aromatic rings. The zero-order valence-corrected chi connectivity index (χ0v) is 8.55. The number of quaternary nitrogens is 1. The van der Waals surface area contributed by atoms with Gasteiger partial charge in [0.15, 0.2) is 0 Å². The van der Waals surface area contributed by atoms with Crippen LogP contribution in [-0.4, -0.2) is 29.7 Å². The van der Waals surface area contributed by atoms with Gasteiger partial charge >= 0.3 is 0 Å². The van der Waals surface area contributed by atoms with Gasteiger partial charge in [0, 0.05) is 12.8 Å². The lowest BCUT2D eigenvalue weighted by atomic mass is 10.0. The van der Waals surface area contributed by atoms with Crippen LogP contribution in [0.5, 0.6) is 0 Å². The molecule has 0 N–H and O–H groups in total. The molecule has 2 aliphatic rings. The zero-order chi connectivity index (χ0) is 8.60. The van der Waals surface area contributed by atoms with Crippen molar-refractivity contribution in [1.82, 2.24) is 0 Å². The molecule has 2 saturated heterocycles. The van der Waals surface area contributed by atoms with Crippen LogP contribution in [0.4, 0.5) is 0 Å². The Kier molecular flexibility index (Phi) is 2.16. The van der Waals surface area contributed by atoms with E-state index in [4.69, 9.17) is 0 Å². The Morgan fingerprint density at radius 3 is 1.83 bits per heavy atom. The van der Waals surface area contributed by atoms with E-state index in [-0.39, 0.29) is 0 Å². The maximum atomic E-state index is 2.47. The Morgan fingerprint density at radius 1 is 0.833 bits per heavy atom. The van der Waals surface area contributed by atoms with Crippen LogP contribution < -0.4 is 0 Å².